The molecule has 15 heavy (non-hydrogen) atoms. The van der Waals surface area contributed by atoms with E-state index in [0.717, 1.165) is 0 Å². The van der Waals surface area contributed by atoms with Crippen molar-refractivity contribution in [1.29, 1.82) is 0 Å². The molecule has 0 bridgehead atoms. The molecule has 0 fully saturated rings. The second-order valence-electron chi connectivity index (χ2n) is 2.40. The normalized spacial score (nSPS) is 10.0. The second-order valence-corrected chi connectivity index (χ2v) is 2.40. The van der Waals surface area contributed by atoms with Crippen LogP contribution in [0.15, 0.2) is 0 Å². The van der Waals surface area contributed by atoms with Crippen LogP contribution < -0.4 is 0 Å². The molecular formula is C9H18O6. The summed E-state index contributed by atoms with van der Waals surface area (Å²) in [6.45, 7) is 5.98. The Bertz CT molecular complexity index is 150. The average molecular weight is 222 g/mol. The van der Waals surface area contributed by atoms with Gasteiger partial charge in [0.15, 0.2) is 0 Å². The monoisotopic (exact) mass is 222 g/mol. The van der Waals surface area contributed by atoms with E-state index in [4.69, 9.17) is 9.47 Å². The van der Waals surface area contributed by atoms with Crippen LogP contribution in [0.5, 0.6) is 0 Å². The van der Waals surface area contributed by atoms with Crippen LogP contribution >= 0.6 is 0 Å². The molecule has 6 heteroatoms. The van der Waals surface area contributed by atoms with Gasteiger partial charge in [0.1, 0.15) is 13.2 Å². The number of carbonyl (C=O) groups excluding carboxylic acids is 1. The van der Waals surface area contributed by atoms with E-state index in [9.17, 15) is 4.79 Å². The zero-order valence-electron chi connectivity index (χ0n) is 9.19. The van der Waals surface area contributed by atoms with E-state index in [1.165, 1.54) is 0 Å². The molecule has 0 spiro atoms. The summed E-state index contributed by atoms with van der Waals surface area (Å²) in [6, 6.07) is 0. The number of rotatable bonds is 9. The highest BCUT2D eigenvalue weighted by Gasteiger charge is 2.04. The van der Waals surface area contributed by atoms with Crippen molar-refractivity contribution in [2.24, 2.45) is 0 Å². The molecule has 90 valence electrons. The maximum Gasteiger partial charge on any atom is 0.540 e. The number of hydrogen-bond donors (Lipinski definition) is 0. The van der Waals surface area contributed by atoms with Crippen molar-refractivity contribution >= 4 is 6.16 Å². The van der Waals surface area contributed by atoms with Gasteiger partial charge in [-0.2, -0.15) is 4.89 Å². The second kappa shape index (κ2) is 11.2. The molecule has 0 unspecified atom stereocenters. The molecule has 0 atom stereocenters. The van der Waals surface area contributed by atoms with E-state index in [-0.39, 0.29) is 13.2 Å². The lowest BCUT2D eigenvalue weighted by atomic mass is 10.7. The third-order valence-electron chi connectivity index (χ3n) is 1.29. The van der Waals surface area contributed by atoms with Gasteiger partial charge in [-0.05, 0) is 13.8 Å². The third kappa shape index (κ3) is 11.1. The highest BCUT2D eigenvalue weighted by Crippen LogP contribution is 1.88. The standard InChI is InChI=1S/C9H18O6/c1-3-11-5-7-13-9(10)15-14-8-6-12-4-2/h3-8H2,1-2H3. The van der Waals surface area contributed by atoms with Crippen molar-refractivity contribution < 1.29 is 28.8 Å². The molecule has 0 aliphatic carbocycles. The van der Waals surface area contributed by atoms with E-state index < -0.39 is 6.16 Å². The Morgan fingerprint density at radius 2 is 1.53 bits per heavy atom. The van der Waals surface area contributed by atoms with E-state index >= 15 is 0 Å². The molecule has 0 saturated carbocycles. The van der Waals surface area contributed by atoms with Gasteiger partial charge in [-0.3, -0.25) is 4.89 Å². The van der Waals surface area contributed by atoms with Crippen molar-refractivity contribution in [3.8, 4) is 0 Å². The summed E-state index contributed by atoms with van der Waals surface area (Å²) in [5, 5.41) is 0. The highest BCUT2D eigenvalue weighted by molar-refractivity contribution is 5.58. The van der Waals surface area contributed by atoms with Crippen LogP contribution in [0.1, 0.15) is 13.8 Å². The van der Waals surface area contributed by atoms with Crippen molar-refractivity contribution in [3.05, 3.63) is 0 Å². The number of ether oxygens (including phenoxy) is 3. The van der Waals surface area contributed by atoms with Crippen LogP contribution in [0.2, 0.25) is 0 Å². The molecule has 0 radical (unpaired) electrons. The van der Waals surface area contributed by atoms with Crippen LogP contribution in [0, 0.1) is 0 Å². The Balaban J connectivity index is 3.11. The first-order valence-corrected chi connectivity index (χ1v) is 4.93. The van der Waals surface area contributed by atoms with Gasteiger partial charge in [0.25, 0.3) is 0 Å². The predicted octanol–water partition coefficient (Wildman–Crippen LogP) is 1.14. The molecule has 6 nitrogen and oxygen atoms in total. The molecule has 0 amide bonds. The first-order valence-electron chi connectivity index (χ1n) is 4.93. The molecular weight excluding hydrogens is 204 g/mol. The van der Waals surface area contributed by atoms with Gasteiger partial charge in [0.2, 0.25) is 0 Å². The fraction of sp³-hybridized carbons (Fsp3) is 0.889. The summed E-state index contributed by atoms with van der Waals surface area (Å²) < 4.78 is 14.5. The van der Waals surface area contributed by atoms with Crippen LogP contribution in [-0.2, 0) is 24.0 Å². The fourth-order valence-electron chi connectivity index (χ4n) is 0.679. The SMILES string of the molecule is CCOCCOOC(=O)OCCOCC. The number of carbonyl (C=O) groups is 1. The predicted molar refractivity (Wildman–Crippen MR) is 51.4 cm³/mol. The molecule has 0 heterocycles. The lowest BCUT2D eigenvalue weighted by Crippen LogP contribution is -2.14. The molecule has 0 aromatic carbocycles. The summed E-state index contributed by atoms with van der Waals surface area (Å²) in [6.07, 6.45) is -0.869. The molecule has 0 aromatic rings. The first kappa shape index (κ1) is 14.2. The van der Waals surface area contributed by atoms with Crippen molar-refractivity contribution in [2.45, 2.75) is 13.8 Å². The van der Waals surface area contributed by atoms with Gasteiger partial charge >= 0.3 is 6.16 Å². The van der Waals surface area contributed by atoms with Gasteiger partial charge in [0, 0.05) is 13.2 Å². The summed E-state index contributed by atoms with van der Waals surface area (Å²) in [5.74, 6) is 0. The van der Waals surface area contributed by atoms with E-state index in [1.807, 2.05) is 13.8 Å². The van der Waals surface area contributed by atoms with Crippen molar-refractivity contribution in [1.82, 2.24) is 0 Å². The Morgan fingerprint density at radius 3 is 2.13 bits per heavy atom. The summed E-state index contributed by atoms with van der Waals surface area (Å²) in [7, 11) is 0. The average Bonchev–Trinajstić information content (AvgIpc) is 2.24. The molecule has 0 aromatic heterocycles. The Hall–Kier alpha value is -0.850. The number of hydrogen-bond acceptors (Lipinski definition) is 6. The topological polar surface area (TPSA) is 63.2 Å². The van der Waals surface area contributed by atoms with Crippen LogP contribution in [0.4, 0.5) is 4.79 Å². The lowest BCUT2D eigenvalue weighted by molar-refractivity contribution is -0.260. The zero-order valence-corrected chi connectivity index (χ0v) is 9.19. The Labute approximate surface area is 89.3 Å². The van der Waals surface area contributed by atoms with E-state index in [0.29, 0.717) is 26.4 Å². The highest BCUT2D eigenvalue weighted by atomic mass is 17.2. The Kier molecular flexibility index (Phi) is 10.6. The smallest absolute Gasteiger partial charge is 0.430 e. The maximum atomic E-state index is 10.8. The minimum absolute atomic E-state index is 0.154. The van der Waals surface area contributed by atoms with Gasteiger partial charge in [-0.1, -0.05) is 0 Å². The minimum atomic E-state index is -0.869. The molecule has 0 saturated heterocycles. The summed E-state index contributed by atoms with van der Waals surface area (Å²) in [5.41, 5.74) is 0. The van der Waals surface area contributed by atoms with Gasteiger partial charge in [-0.25, -0.2) is 4.79 Å². The zero-order chi connectivity index (χ0) is 11.4. The molecule has 0 aliphatic rings. The fourth-order valence-corrected chi connectivity index (χ4v) is 0.679. The third-order valence-corrected chi connectivity index (χ3v) is 1.29. The summed E-state index contributed by atoms with van der Waals surface area (Å²) >= 11 is 0. The van der Waals surface area contributed by atoms with Crippen LogP contribution in [0.3, 0.4) is 0 Å². The minimum Gasteiger partial charge on any atom is -0.430 e. The first-order chi connectivity index (χ1) is 7.31. The molecule has 0 aliphatic heterocycles. The van der Waals surface area contributed by atoms with E-state index in [2.05, 4.69) is 14.5 Å². The van der Waals surface area contributed by atoms with E-state index in [1.54, 1.807) is 0 Å². The molecule has 0 rings (SSSR count). The Morgan fingerprint density at radius 1 is 0.933 bits per heavy atom. The lowest BCUT2D eigenvalue weighted by Gasteiger charge is -2.05. The van der Waals surface area contributed by atoms with Gasteiger partial charge < -0.3 is 14.2 Å². The van der Waals surface area contributed by atoms with Crippen LogP contribution in [0.25, 0.3) is 0 Å². The van der Waals surface area contributed by atoms with Crippen molar-refractivity contribution in [2.75, 3.05) is 39.6 Å². The van der Waals surface area contributed by atoms with Crippen molar-refractivity contribution in [3.63, 3.8) is 0 Å². The van der Waals surface area contributed by atoms with Gasteiger partial charge in [0.05, 0.1) is 13.2 Å². The van der Waals surface area contributed by atoms with Gasteiger partial charge in [-0.15, -0.1) is 0 Å². The summed E-state index contributed by atoms with van der Waals surface area (Å²) in [4.78, 5) is 19.6. The van der Waals surface area contributed by atoms with Crippen LogP contribution in [-0.4, -0.2) is 45.8 Å². The quantitative estimate of drug-likeness (QED) is 0.252. The molecule has 0 N–H and O–H groups in total. The largest absolute Gasteiger partial charge is 0.540 e. The maximum absolute atomic E-state index is 10.8.